The van der Waals surface area contributed by atoms with Gasteiger partial charge in [-0.2, -0.15) is 0 Å². The molecule has 0 aliphatic rings. The van der Waals surface area contributed by atoms with Gasteiger partial charge in [-0.3, -0.25) is 13.2 Å². The van der Waals surface area contributed by atoms with Crippen LogP contribution in [-0.4, -0.2) is 61.4 Å². The highest BCUT2D eigenvalue weighted by molar-refractivity contribution is 6.38. The molecule has 0 unspecified atom stereocenters. The highest BCUT2D eigenvalue weighted by atomic mass is 15.1. The Kier molecular flexibility index (Phi) is 14.1. The number of hydrogen-bond donors (Lipinski definition) is 0. The van der Waals surface area contributed by atoms with Crippen molar-refractivity contribution in [1.29, 1.82) is 0 Å². The van der Waals surface area contributed by atoms with E-state index in [1.54, 1.807) is 0 Å². The van der Waals surface area contributed by atoms with Gasteiger partial charge in [-0.25, -0.2) is 29.9 Å². The fourth-order valence-electron chi connectivity index (χ4n) is 22.6. The molecule has 13 aromatic heterocycles. The highest BCUT2D eigenvalue weighted by Gasteiger charge is 2.31. The molecule has 0 aliphatic carbocycles. The number of benzene rings is 19. The Labute approximate surface area is 742 Å². The third kappa shape index (κ3) is 9.60. The van der Waals surface area contributed by atoms with Crippen molar-refractivity contribution < 1.29 is 0 Å². The molecule has 0 amide bonds. The first kappa shape index (κ1) is 70.4. The van der Waals surface area contributed by atoms with Crippen LogP contribution in [0.1, 0.15) is 0 Å². The molecule has 32 aromatic rings. The number of nitrogens with zero attached hydrogens (tertiary/aromatic N) is 13. The summed E-state index contributed by atoms with van der Waals surface area (Å²) in [4.78, 5) is 31.4. The summed E-state index contributed by atoms with van der Waals surface area (Å²) in [6.07, 6.45) is 0. The molecule has 131 heavy (non-hydrogen) atoms. The molecule has 0 aliphatic heterocycles. The van der Waals surface area contributed by atoms with E-state index in [9.17, 15) is 0 Å². The molecular weight excluding hydrogens is 1600 g/mol. The summed E-state index contributed by atoms with van der Waals surface area (Å²) in [7, 11) is 0. The standard InChI is InChI=1S/C44H25N5.C38H22N4.C36H20N4/c1-2-11-26(12-3-1)47-36-19-8-4-13-28(36)29-22-21-27(25-39(29)47)48-37-20-9-5-14-32(37)40-38(48)24-23-31-30-15-10-16-33-41-44(49(42(30)33)43(31)40)46-35-18-7-6-17-34(35)45-41;1-2-10-23(11-3-1)24-18-20-25(21-19-24)41-32-16-8-4-12-26(32)28-22-29-27-13-5-9-17-33(27)42-37(29)34(36(28)41)35-38(42)40-31-15-7-6-14-30(31)39-35;1-2-11-22(12-3-1)39-29-17-9-6-14-24(29)32-30(39)19-18-25-31-23-13-5-4-10-21(23)20-26-33-36(40(34(25)32)35(26)31)38-28-16-8-7-15-27(28)37-33/h1-25H;1-22H;1-20H. The summed E-state index contributed by atoms with van der Waals surface area (Å²) in [5.41, 5.74) is 34.6. The molecule has 0 fully saturated rings. The monoisotopic (exact) mass is 1670 g/mol. The van der Waals surface area contributed by atoms with E-state index in [4.69, 9.17) is 29.9 Å². The predicted octanol–water partition coefficient (Wildman–Crippen LogP) is 29.5. The maximum Gasteiger partial charge on any atom is 0.165 e. The molecule has 0 bridgehead atoms. The summed E-state index contributed by atoms with van der Waals surface area (Å²) in [6, 6.07) is 145. The SMILES string of the molecule is c1ccc(-c2ccc(-n3c4ccccc4c4cc5c6ccccc6n6c7nc8ccccc8nc7c(c43)c56)cc2)cc1.c1ccc(-n2c3ccccc3c3c2ccc2c4c5ccccc5cc5c6nc7ccccc7nc6n(c54)c23)cc1.c1ccc(-n2c3ccccc3c3ccc(-n4c5ccccc5c5c4ccc4c6cccc7c8nc9ccccc9nc8n(c67)c45)cc32)cc1. The van der Waals surface area contributed by atoms with Crippen molar-refractivity contribution in [3.8, 4) is 33.9 Å². The molecule has 604 valence electrons. The Hall–Kier alpha value is -17.9. The molecule has 0 radical (unpaired) electrons. The van der Waals surface area contributed by atoms with Gasteiger partial charge in [0.1, 0.15) is 16.6 Å². The second kappa shape index (κ2) is 26.3. The zero-order valence-corrected chi connectivity index (χ0v) is 70.0. The fourth-order valence-corrected chi connectivity index (χ4v) is 22.6. The molecule has 13 heterocycles. The van der Waals surface area contributed by atoms with Gasteiger partial charge in [0.2, 0.25) is 0 Å². The Morgan fingerprint density at radius 2 is 0.519 bits per heavy atom. The van der Waals surface area contributed by atoms with E-state index >= 15 is 0 Å². The van der Waals surface area contributed by atoms with Gasteiger partial charge >= 0.3 is 0 Å². The van der Waals surface area contributed by atoms with Crippen LogP contribution in [0.4, 0.5) is 0 Å². The summed E-state index contributed by atoms with van der Waals surface area (Å²) in [5, 5.41) is 23.2. The molecule has 0 atom stereocenters. The second-order valence-electron chi connectivity index (χ2n) is 34.7. The summed E-state index contributed by atoms with van der Waals surface area (Å²) in [5.74, 6) is 0. The van der Waals surface area contributed by atoms with Crippen molar-refractivity contribution in [1.82, 2.24) is 61.4 Å². The largest absolute Gasteiger partial charge is 0.309 e. The molecule has 0 spiro atoms. The molecule has 19 aromatic carbocycles. The van der Waals surface area contributed by atoms with Crippen LogP contribution in [0, 0.1) is 0 Å². The van der Waals surface area contributed by atoms with Crippen LogP contribution in [0.25, 0.3) is 280 Å². The van der Waals surface area contributed by atoms with Crippen LogP contribution in [0.5, 0.6) is 0 Å². The Balaban J connectivity index is 0.0000000951. The molecular formula is C118H67N13. The minimum Gasteiger partial charge on any atom is -0.309 e. The van der Waals surface area contributed by atoms with Crippen LogP contribution in [0.2, 0.25) is 0 Å². The van der Waals surface area contributed by atoms with E-state index in [1.807, 2.05) is 42.5 Å². The lowest BCUT2D eigenvalue weighted by Gasteiger charge is -2.11. The normalized spacial score (nSPS) is 12.4. The smallest absolute Gasteiger partial charge is 0.165 e. The van der Waals surface area contributed by atoms with Crippen molar-refractivity contribution >= 4 is 246 Å². The van der Waals surface area contributed by atoms with Gasteiger partial charge in [0.05, 0.1) is 116 Å². The number of fused-ring (bicyclic) bond motifs is 38. The molecule has 32 rings (SSSR count). The van der Waals surface area contributed by atoms with Crippen molar-refractivity contribution in [2.75, 3.05) is 0 Å². The highest BCUT2D eigenvalue weighted by Crippen LogP contribution is 2.51. The number of rotatable bonds is 5. The van der Waals surface area contributed by atoms with E-state index in [0.29, 0.717) is 0 Å². The minimum atomic E-state index is 0.901. The van der Waals surface area contributed by atoms with Gasteiger partial charge in [-0.1, -0.05) is 267 Å². The maximum atomic E-state index is 5.29. The first-order valence-corrected chi connectivity index (χ1v) is 44.6. The summed E-state index contributed by atoms with van der Waals surface area (Å²) in [6.45, 7) is 0. The van der Waals surface area contributed by atoms with E-state index in [2.05, 4.69) is 395 Å². The van der Waals surface area contributed by atoms with E-state index in [-0.39, 0.29) is 0 Å². The Morgan fingerprint density at radius 1 is 0.153 bits per heavy atom. The van der Waals surface area contributed by atoms with Crippen LogP contribution in [0.3, 0.4) is 0 Å². The van der Waals surface area contributed by atoms with Crippen LogP contribution in [-0.2, 0) is 0 Å². The van der Waals surface area contributed by atoms with E-state index in [0.717, 1.165) is 111 Å². The van der Waals surface area contributed by atoms with Crippen LogP contribution in [0.15, 0.2) is 406 Å². The zero-order chi connectivity index (χ0) is 85.1. The molecule has 0 N–H and O–H groups in total. The average Bonchev–Trinajstić information content (AvgIpc) is 1.51. The first-order chi connectivity index (χ1) is 65.0. The van der Waals surface area contributed by atoms with Gasteiger partial charge in [-0.05, 0) is 161 Å². The molecule has 0 saturated carbocycles. The second-order valence-corrected chi connectivity index (χ2v) is 34.7. The molecule has 0 saturated heterocycles. The lowest BCUT2D eigenvalue weighted by Crippen LogP contribution is -1.96. The van der Waals surface area contributed by atoms with Gasteiger partial charge in [0.15, 0.2) is 16.9 Å². The van der Waals surface area contributed by atoms with Crippen molar-refractivity contribution in [2.24, 2.45) is 0 Å². The number of hydrogen-bond acceptors (Lipinski definition) is 6. The topological polar surface area (TPSA) is 110 Å². The third-order valence-electron chi connectivity index (χ3n) is 27.9. The lowest BCUT2D eigenvalue weighted by molar-refractivity contribution is 1.15. The average molecular weight is 1670 g/mol. The van der Waals surface area contributed by atoms with Gasteiger partial charge < -0.3 is 18.3 Å². The number of aromatic nitrogens is 13. The van der Waals surface area contributed by atoms with Crippen molar-refractivity contribution in [3.05, 3.63) is 406 Å². The fraction of sp³-hybridized carbons (Fsp3) is 0. The maximum absolute atomic E-state index is 5.29. The van der Waals surface area contributed by atoms with Gasteiger partial charge in [0, 0.05) is 109 Å². The van der Waals surface area contributed by atoms with Crippen LogP contribution >= 0.6 is 0 Å². The third-order valence-corrected chi connectivity index (χ3v) is 27.9. The van der Waals surface area contributed by atoms with Crippen molar-refractivity contribution in [2.45, 2.75) is 0 Å². The Bertz CT molecular complexity index is 10500. The number of para-hydroxylation sites is 14. The first-order valence-electron chi connectivity index (χ1n) is 44.6. The van der Waals surface area contributed by atoms with Gasteiger partial charge in [0.25, 0.3) is 0 Å². The lowest BCUT2D eigenvalue weighted by atomic mass is 10.0. The zero-order valence-electron chi connectivity index (χ0n) is 70.0. The molecule has 13 heteroatoms. The minimum absolute atomic E-state index is 0.901. The summed E-state index contributed by atoms with van der Waals surface area (Å²) < 4.78 is 16.7. The molecule has 13 nitrogen and oxygen atoms in total. The summed E-state index contributed by atoms with van der Waals surface area (Å²) >= 11 is 0. The van der Waals surface area contributed by atoms with E-state index < -0.39 is 0 Å². The predicted molar refractivity (Wildman–Crippen MR) is 543 cm³/mol. The van der Waals surface area contributed by atoms with Gasteiger partial charge in [-0.15, -0.1) is 0 Å². The van der Waals surface area contributed by atoms with Crippen molar-refractivity contribution in [3.63, 3.8) is 0 Å². The quantitative estimate of drug-likeness (QED) is 0.170. The Morgan fingerprint density at radius 3 is 1.13 bits per heavy atom. The van der Waals surface area contributed by atoms with Crippen LogP contribution < -0.4 is 0 Å². The van der Waals surface area contributed by atoms with E-state index in [1.165, 1.54) is 169 Å².